The van der Waals surface area contributed by atoms with Crippen molar-refractivity contribution in [1.82, 2.24) is 4.98 Å². The van der Waals surface area contributed by atoms with Crippen LogP contribution in [0.15, 0.2) is 12.3 Å². The van der Waals surface area contributed by atoms with E-state index in [4.69, 9.17) is 4.74 Å². The first-order valence-electron chi connectivity index (χ1n) is 3.69. The number of methoxy groups -OCH3 is 1. The molecule has 0 radical (unpaired) electrons. The molecule has 4 heteroatoms. The van der Waals surface area contributed by atoms with Crippen molar-refractivity contribution in [3.8, 4) is 5.75 Å². The predicted octanol–water partition coefficient (Wildman–Crippen LogP) is 1.11. The fourth-order valence-electron chi connectivity index (χ4n) is 0.944. The molecule has 1 heterocycles. The molecule has 0 saturated carbocycles. The number of carbonyl (C=O) groups excluding carboxylic acids is 2. The molecule has 0 aliphatic carbocycles. The molecule has 0 aliphatic rings. The van der Waals surface area contributed by atoms with Gasteiger partial charge in [0.1, 0.15) is 11.4 Å². The van der Waals surface area contributed by atoms with E-state index in [2.05, 4.69) is 4.98 Å². The number of carbonyl (C=O) groups is 2. The summed E-state index contributed by atoms with van der Waals surface area (Å²) in [6.07, 6.45) is 1.99. The summed E-state index contributed by atoms with van der Waals surface area (Å²) in [5, 5.41) is 0. The summed E-state index contributed by atoms with van der Waals surface area (Å²) in [7, 11) is 1.43. The van der Waals surface area contributed by atoms with Crippen LogP contribution in [0.1, 0.15) is 27.8 Å². The zero-order valence-electron chi connectivity index (χ0n) is 7.40. The van der Waals surface area contributed by atoms with Crippen molar-refractivity contribution in [2.45, 2.75) is 6.92 Å². The lowest BCUT2D eigenvalue weighted by molar-refractivity contribution is 0.100. The summed E-state index contributed by atoms with van der Waals surface area (Å²) in [6.45, 7) is 1.39. The Hall–Kier alpha value is -1.71. The van der Waals surface area contributed by atoms with E-state index in [0.29, 0.717) is 17.6 Å². The zero-order valence-corrected chi connectivity index (χ0v) is 7.40. The highest BCUT2D eigenvalue weighted by atomic mass is 16.5. The Labute approximate surface area is 75.5 Å². The van der Waals surface area contributed by atoms with Crippen molar-refractivity contribution >= 4 is 12.1 Å². The summed E-state index contributed by atoms with van der Waals surface area (Å²) in [5.41, 5.74) is 0.634. The minimum absolute atomic E-state index is 0.186. The third-order valence-electron chi connectivity index (χ3n) is 1.56. The number of ketones is 1. The lowest BCUT2D eigenvalue weighted by Gasteiger charge is -2.04. The Morgan fingerprint density at radius 2 is 2.31 bits per heavy atom. The van der Waals surface area contributed by atoms with Crippen LogP contribution in [0.2, 0.25) is 0 Å². The third-order valence-corrected chi connectivity index (χ3v) is 1.56. The molecule has 13 heavy (non-hydrogen) atoms. The fraction of sp³-hybridized carbons (Fsp3) is 0.222. The van der Waals surface area contributed by atoms with Crippen LogP contribution in [0.3, 0.4) is 0 Å². The molecule has 0 saturated heterocycles. The van der Waals surface area contributed by atoms with Crippen LogP contribution in [-0.2, 0) is 0 Å². The average Bonchev–Trinajstić information content (AvgIpc) is 2.16. The molecule has 1 rings (SSSR count). The van der Waals surface area contributed by atoms with Gasteiger partial charge in [0.05, 0.1) is 7.11 Å². The molecular weight excluding hydrogens is 170 g/mol. The highest BCUT2D eigenvalue weighted by Gasteiger charge is 2.09. The van der Waals surface area contributed by atoms with E-state index < -0.39 is 0 Å². The molecule has 0 fully saturated rings. The average molecular weight is 179 g/mol. The van der Waals surface area contributed by atoms with Gasteiger partial charge >= 0.3 is 0 Å². The molecule has 1 aromatic rings. The minimum atomic E-state index is -0.186. The number of hydrogen-bond acceptors (Lipinski definition) is 4. The number of hydrogen-bond donors (Lipinski definition) is 0. The molecule has 0 bridgehead atoms. The van der Waals surface area contributed by atoms with Gasteiger partial charge in [0.25, 0.3) is 0 Å². The Bertz CT molecular complexity index is 347. The minimum Gasteiger partial charge on any atom is -0.494 e. The van der Waals surface area contributed by atoms with Crippen LogP contribution in [0.4, 0.5) is 0 Å². The van der Waals surface area contributed by atoms with Crippen LogP contribution < -0.4 is 4.74 Å². The highest BCUT2D eigenvalue weighted by molar-refractivity contribution is 5.95. The molecule has 1 aromatic heterocycles. The first kappa shape index (κ1) is 9.38. The van der Waals surface area contributed by atoms with E-state index in [1.807, 2.05) is 0 Å². The quantitative estimate of drug-likeness (QED) is 0.515. The van der Waals surface area contributed by atoms with Crippen LogP contribution in [0.5, 0.6) is 5.75 Å². The lowest BCUT2D eigenvalue weighted by atomic mass is 10.2. The number of pyridine rings is 1. The van der Waals surface area contributed by atoms with Crippen LogP contribution >= 0.6 is 0 Å². The molecule has 0 atom stereocenters. The van der Waals surface area contributed by atoms with Crippen molar-refractivity contribution in [1.29, 1.82) is 0 Å². The molecule has 68 valence electrons. The second-order valence-corrected chi connectivity index (χ2v) is 2.49. The summed E-state index contributed by atoms with van der Waals surface area (Å²) in [5.74, 6) is 0.145. The fourth-order valence-corrected chi connectivity index (χ4v) is 0.944. The van der Waals surface area contributed by atoms with Gasteiger partial charge in [-0.25, -0.2) is 4.98 Å². The van der Waals surface area contributed by atoms with Gasteiger partial charge in [-0.3, -0.25) is 9.59 Å². The van der Waals surface area contributed by atoms with Crippen molar-refractivity contribution in [3.05, 3.63) is 23.5 Å². The molecule has 4 nitrogen and oxygen atoms in total. The summed E-state index contributed by atoms with van der Waals surface area (Å²) in [4.78, 5) is 25.2. The molecular formula is C9H9NO3. The Kier molecular flexibility index (Phi) is 2.74. The van der Waals surface area contributed by atoms with E-state index in [1.54, 1.807) is 0 Å². The van der Waals surface area contributed by atoms with Gasteiger partial charge in [0.2, 0.25) is 0 Å². The van der Waals surface area contributed by atoms with E-state index in [-0.39, 0.29) is 11.5 Å². The topological polar surface area (TPSA) is 56.3 Å². The number of aromatic nitrogens is 1. The zero-order chi connectivity index (χ0) is 9.84. The molecule has 0 aliphatic heterocycles. The molecule has 0 N–H and O–H groups in total. The van der Waals surface area contributed by atoms with E-state index in [0.717, 1.165) is 0 Å². The van der Waals surface area contributed by atoms with Crippen LogP contribution in [0, 0.1) is 0 Å². The van der Waals surface area contributed by atoms with E-state index in [1.165, 1.54) is 26.3 Å². The van der Waals surface area contributed by atoms with Gasteiger partial charge in [-0.1, -0.05) is 0 Å². The number of ether oxygens (including phenoxy) is 1. The van der Waals surface area contributed by atoms with Crippen molar-refractivity contribution in [2.24, 2.45) is 0 Å². The van der Waals surface area contributed by atoms with Crippen molar-refractivity contribution < 1.29 is 14.3 Å². The monoisotopic (exact) mass is 179 g/mol. The van der Waals surface area contributed by atoms with Gasteiger partial charge in [-0.05, 0) is 6.07 Å². The Morgan fingerprint density at radius 1 is 1.62 bits per heavy atom. The van der Waals surface area contributed by atoms with Gasteiger partial charge in [-0.15, -0.1) is 0 Å². The van der Waals surface area contributed by atoms with Crippen LogP contribution in [-0.4, -0.2) is 24.2 Å². The maximum absolute atomic E-state index is 11.0. The maximum atomic E-state index is 11.0. The highest BCUT2D eigenvalue weighted by Crippen LogP contribution is 2.16. The molecule has 0 amide bonds. The smallest absolute Gasteiger partial charge is 0.181 e. The standard InChI is InChI=1S/C9H9NO3/c1-6(12)9-8(13-2)3-7(5-11)4-10-9/h3-5H,1-2H3. The largest absolute Gasteiger partial charge is 0.494 e. The summed E-state index contributed by atoms with van der Waals surface area (Å²) in [6, 6.07) is 1.48. The number of rotatable bonds is 3. The number of nitrogens with zero attached hydrogens (tertiary/aromatic N) is 1. The SMILES string of the molecule is COc1cc(C=O)cnc1C(C)=O. The normalized spacial score (nSPS) is 9.38. The Balaban J connectivity index is 3.23. The second-order valence-electron chi connectivity index (χ2n) is 2.49. The van der Waals surface area contributed by atoms with Gasteiger partial charge in [0, 0.05) is 18.7 Å². The molecule has 0 aromatic carbocycles. The van der Waals surface area contributed by atoms with Crippen LogP contribution in [0.25, 0.3) is 0 Å². The molecule has 0 spiro atoms. The Morgan fingerprint density at radius 3 is 2.77 bits per heavy atom. The summed E-state index contributed by atoms with van der Waals surface area (Å²) >= 11 is 0. The van der Waals surface area contributed by atoms with Gasteiger partial charge in [-0.2, -0.15) is 0 Å². The number of Topliss-reactive ketones (excluding diaryl/α,β-unsaturated/α-hetero) is 1. The van der Waals surface area contributed by atoms with E-state index >= 15 is 0 Å². The van der Waals surface area contributed by atoms with Crippen molar-refractivity contribution in [3.63, 3.8) is 0 Å². The second kappa shape index (κ2) is 3.80. The maximum Gasteiger partial charge on any atom is 0.181 e. The number of aldehydes is 1. The first-order chi connectivity index (χ1) is 6.19. The summed E-state index contributed by atoms with van der Waals surface area (Å²) < 4.78 is 4.91. The first-order valence-corrected chi connectivity index (χ1v) is 3.69. The predicted molar refractivity (Wildman–Crippen MR) is 46.2 cm³/mol. The van der Waals surface area contributed by atoms with Gasteiger partial charge in [0.15, 0.2) is 12.1 Å². The molecule has 0 unspecified atom stereocenters. The van der Waals surface area contributed by atoms with E-state index in [9.17, 15) is 9.59 Å². The van der Waals surface area contributed by atoms with Crippen molar-refractivity contribution in [2.75, 3.05) is 7.11 Å². The van der Waals surface area contributed by atoms with Gasteiger partial charge < -0.3 is 4.74 Å². The third kappa shape index (κ3) is 1.90. The lowest BCUT2D eigenvalue weighted by Crippen LogP contribution is -2.01.